The smallest absolute Gasteiger partial charge is 0.454 e. The van der Waals surface area contributed by atoms with E-state index in [-0.39, 0.29) is 25.1 Å². The van der Waals surface area contributed by atoms with Crippen LogP contribution in [0, 0.1) is 0 Å². The van der Waals surface area contributed by atoms with Crippen molar-refractivity contribution in [1.29, 1.82) is 0 Å². The van der Waals surface area contributed by atoms with E-state index in [0.717, 1.165) is 0 Å². The van der Waals surface area contributed by atoms with Crippen molar-refractivity contribution < 1.29 is 32.2 Å². The molecule has 138 valence electrons. The maximum absolute atomic E-state index is 12.2. The van der Waals surface area contributed by atoms with Crippen LogP contribution in [0.2, 0.25) is 0 Å². The lowest BCUT2D eigenvalue weighted by molar-refractivity contribution is -0.274. The number of halogens is 3. The molecule has 0 spiro atoms. The van der Waals surface area contributed by atoms with E-state index in [9.17, 15) is 18.0 Å². The van der Waals surface area contributed by atoms with Crippen LogP contribution in [0.25, 0.3) is 0 Å². The Morgan fingerprint density at radius 1 is 1.15 bits per heavy atom. The maximum Gasteiger partial charge on any atom is 0.573 e. The Morgan fingerprint density at radius 2 is 1.85 bits per heavy atom. The predicted octanol–water partition coefficient (Wildman–Crippen LogP) is 3.98. The number of alkyl halides is 3. The van der Waals surface area contributed by atoms with Gasteiger partial charge < -0.3 is 24.4 Å². The molecule has 1 heterocycles. The molecule has 0 atom stereocenters. The number of carbonyl (C=O) groups excluding carboxylic acids is 1. The summed E-state index contributed by atoms with van der Waals surface area (Å²) in [5.41, 5.74) is 1.20. The summed E-state index contributed by atoms with van der Waals surface area (Å²) in [6, 6.07) is 9.98. The number of benzene rings is 2. The third-order valence-corrected chi connectivity index (χ3v) is 3.55. The van der Waals surface area contributed by atoms with Gasteiger partial charge in [-0.2, -0.15) is 0 Å². The van der Waals surface area contributed by atoms with Crippen LogP contribution in [-0.4, -0.2) is 31.1 Å². The molecular weight excluding hydrogens is 353 g/mol. The summed E-state index contributed by atoms with van der Waals surface area (Å²) in [5, 5.41) is 2.71. The number of urea groups is 1. The minimum absolute atomic E-state index is 0.140. The highest BCUT2D eigenvalue weighted by Crippen LogP contribution is 2.34. The SMILES string of the molecule is CN(Cc1ccc(OC(F)(F)F)cc1)C(=O)Nc1ccc2c(c1)OCO2. The molecule has 1 aliphatic rings. The second-order valence-corrected chi connectivity index (χ2v) is 5.55. The van der Waals surface area contributed by atoms with E-state index >= 15 is 0 Å². The minimum Gasteiger partial charge on any atom is -0.454 e. The van der Waals surface area contributed by atoms with E-state index in [1.807, 2.05) is 0 Å². The Bertz CT molecular complexity index is 794. The summed E-state index contributed by atoms with van der Waals surface area (Å²) in [6.45, 7) is 0.351. The summed E-state index contributed by atoms with van der Waals surface area (Å²) >= 11 is 0. The average Bonchev–Trinajstić information content (AvgIpc) is 3.03. The largest absolute Gasteiger partial charge is 0.573 e. The highest BCUT2D eigenvalue weighted by Gasteiger charge is 2.31. The standard InChI is InChI=1S/C17H15F3N2O4/c1-22(9-11-2-5-13(6-3-11)26-17(18,19)20)16(23)21-12-4-7-14-15(8-12)25-10-24-14/h2-8H,9-10H2,1H3,(H,21,23). The Morgan fingerprint density at radius 3 is 2.54 bits per heavy atom. The minimum atomic E-state index is -4.73. The number of carbonyl (C=O) groups is 1. The fourth-order valence-electron chi connectivity index (χ4n) is 2.34. The quantitative estimate of drug-likeness (QED) is 0.887. The van der Waals surface area contributed by atoms with Crippen molar-refractivity contribution in [3.63, 3.8) is 0 Å². The van der Waals surface area contributed by atoms with Crippen molar-refractivity contribution in [2.24, 2.45) is 0 Å². The molecule has 3 rings (SSSR count). The molecule has 0 bridgehead atoms. The van der Waals surface area contributed by atoms with Crippen molar-refractivity contribution in [3.05, 3.63) is 48.0 Å². The van der Waals surface area contributed by atoms with Crippen LogP contribution in [0.4, 0.5) is 23.7 Å². The molecule has 2 amide bonds. The van der Waals surface area contributed by atoms with Crippen molar-refractivity contribution in [2.75, 3.05) is 19.2 Å². The highest BCUT2D eigenvalue weighted by molar-refractivity contribution is 5.89. The number of nitrogens with zero attached hydrogens (tertiary/aromatic N) is 1. The topological polar surface area (TPSA) is 60.0 Å². The van der Waals surface area contributed by atoms with Crippen molar-refractivity contribution in [1.82, 2.24) is 4.90 Å². The molecule has 0 saturated carbocycles. The lowest BCUT2D eigenvalue weighted by Gasteiger charge is -2.18. The summed E-state index contributed by atoms with van der Waals surface area (Å²) in [7, 11) is 1.57. The zero-order valence-corrected chi connectivity index (χ0v) is 13.7. The first kappa shape index (κ1) is 17.7. The number of nitrogens with one attached hydrogen (secondary N) is 1. The molecule has 2 aromatic carbocycles. The zero-order valence-electron chi connectivity index (χ0n) is 13.7. The van der Waals surface area contributed by atoms with Gasteiger partial charge in [-0.05, 0) is 29.8 Å². The van der Waals surface area contributed by atoms with E-state index in [1.165, 1.54) is 29.2 Å². The van der Waals surface area contributed by atoms with Gasteiger partial charge in [0.2, 0.25) is 6.79 Å². The Hall–Kier alpha value is -3.10. The van der Waals surface area contributed by atoms with Gasteiger partial charge in [0.05, 0.1) is 0 Å². The van der Waals surface area contributed by atoms with Crippen molar-refractivity contribution in [2.45, 2.75) is 12.9 Å². The van der Waals surface area contributed by atoms with E-state index in [4.69, 9.17) is 9.47 Å². The number of hydrogen-bond donors (Lipinski definition) is 1. The Labute approximate surface area is 147 Å². The fourth-order valence-corrected chi connectivity index (χ4v) is 2.34. The lowest BCUT2D eigenvalue weighted by Crippen LogP contribution is -2.30. The molecule has 0 unspecified atom stereocenters. The Kier molecular flexibility index (Phi) is 4.79. The van der Waals surface area contributed by atoms with Gasteiger partial charge in [-0.15, -0.1) is 13.2 Å². The van der Waals surface area contributed by atoms with Gasteiger partial charge >= 0.3 is 12.4 Å². The normalized spacial score (nSPS) is 12.6. The van der Waals surface area contributed by atoms with E-state index in [2.05, 4.69) is 10.1 Å². The fraction of sp³-hybridized carbons (Fsp3) is 0.235. The van der Waals surface area contributed by atoms with E-state index in [1.54, 1.807) is 25.2 Å². The van der Waals surface area contributed by atoms with E-state index in [0.29, 0.717) is 22.7 Å². The molecule has 1 N–H and O–H groups in total. The molecule has 0 saturated heterocycles. The summed E-state index contributed by atoms with van der Waals surface area (Å²) in [4.78, 5) is 13.6. The molecule has 26 heavy (non-hydrogen) atoms. The molecule has 0 fully saturated rings. The number of amides is 2. The van der Waals surface area contributed by atoms with Gasteiger partial charge in [-0.1, -0.05) is 12.1 Å². The first-order chi connectivity index (χ1) is 12.3. The first-order valence-corrected chi connectivity index (χ1v) is 7.56. The molecular formula is C17H15F3N2O4. The third-order valence-electron chi connectivity index (χ3n) is 3.55. The lowest BCUT2D eigenvalue weighted by atomic mass is 10.2. The molecule has 0 radical (unpaired) electrons. The van der Waals surface area contributed by atoms with Crippen LogP contribution < -0.4 is 19.5 Å². The maximum atomic E-state index is 12.2. The molecule has 0 aliphatic carbocycles. The second-order valence-electron chi connectivity index (χ2n) is 5.55. The average molecular weight is 368 g/mol. The highest BCUT2D eigenvalue weighted by atomic mass is 19.4. The van der Waals surface area contributed by atoms with Gasteiger partial charge in [0.1, 0.15) is 5.75 Å². The Balaban J connectivity index is 1.57. The number of rotatable bonds is 4. The van der Waals surface area contributed by atoms with Gasteiger partial charge in [0, 0.05) is 25.3 Å². The summed E-state index contributed by atoms with van der Waals surface area (Å²) < 4.78 is 50.7. The number of ether oxygens (including phenoxy) is 3. The molecule has 6 nitrogen and oxygen atoms in total. The van der Waals surface area contributed by atoms with Gasteiger partial charge in [-0.25, -0.2) is 4.79 Å². The van der Waals surface area contributed by atoms with Gasteiger partial charge in [-0.3, -0.25) is 0 Å². The van der Waals surface area contributed by atoms with Crippen LogP contribution >= 0.6 is 0 Å². The first-order valence-electron chi connectivity index (χ1n) is 7.56. The van der Waals surface area contributed by atoms with Crippen LogP contribution in [0.3, 0.4) is 0 Å². The van der Waals surface area contributed by atoms with Crippen LogP contribution in [0.15, 0.2) is 42.5 Å². The number of fused-ring (bicyclic) bond motifs is 1. The van der Waals surface area contributed by atoms with Gasteiger partial charge in [0.25, 0.3) is 0 Å². The molecule has 2 aromatic rings. The van der Waals surface area contributed by atoms with Crippen LogP contribution in [0.5, 0.6) is 17.2 Å². The predicted molar refractivity (Wildman–Crippen MR) is 86.2 cm³/mol. The number of hydrogen-bond acceptors (Lipinski definition) is 4. The molecule has 0 aromatic heterocycles. The second kappa shape index (κ2) is 7.03. The van der Waals surface area contributed by atoms with Crippen LogP contribution in [0.1, 0.15) is 5.56 Å². The van der Waals surface area contributed by atoms with Crippen molar-refractivity contribution >= 4 is 11.7 Å². The third kappa shape index (κ3) is 4.50. The van der Waals surface area contributed by atoms with E-state index < -0.39 is 6.36 Å². The van der Waals surface area contributed by atoms with Crippen molar-refractivity contribution in [3.8, 4) is 17.2 Å². The summed E-state index contributed by atoms with van der Waals surface area (Å²) in [6.07, 6.45) is -4.73. The zero-order chi connectivity index (χ0) is 18.7. The summed E-state index contributed by atoms with van der Waals surface area (Å²) in [5.74, 6) is 0.844. The molecule has 9 heteroatoms. The number of anilines is 1. The molecule has 1 aliphatic heterocycles. The van der Waals surface area contributed by atoms with Crippen LogP contribution in [-0.2, 0) is 6.54 Å². The monoisotopic (exact) mass is 368 g/mol. The van der Waals surface area contributed by atoms with Gasteiger partial charge in [0.15, 0.2) is 11.5 Å².